The van der Waals surface area contributed by atoms with Crippen LogP contribution < -0.4 is 0 Å². The zero-order valence-corrected chi connectivity index (χ0v) is 12.7. The van der Waals surface area contributed by atoms with Gasteiger partial charge in [0.2, 0.25) is 0 Å². The average Bonchev–Trinajstić information content (AvgIpc) is 2.96. The number of benzene rings is 1. The minimum Gasteiger partial charge on any atom is -0.346 e. The van der Waals surface area contributed by atoms with Gasteiger partial charge in [0.05, 0.1) is 5.52 Å². The zero-order valence-electron chi connectivity index (χ0n) is 12.7. The van der Waals surface area contributed by atoms with Crippen LogP contribution >= 0.6 is 0 Å². The number of H-pyrrole nitrogens is 1. The quantitative estimate of drug-likeness (QED) is 0.595. The lowest BCUT2D eigenvalue weighted by Crippen LogP contribution is -2.10. The van der Waals surface area contributed by atoms with E-state index in [9.17, 15) is 0 Å². The Kier molecular flexibility index (Phi) is 2.71. The first-order chi connectivity index (χ1) is 11.4. The second-order valence-corrected chi connectivity index (χ2v) is 6.26. The van der Waals surface area contributed by atoms with Gasteiger partial charge in [0, 0.05) is 40.3 Å². The molecular weight excluding hydrogens is 284 g/mol. The van der Waals surface area contributed by atoms with Crippen molar-refractivity contribution in [2.75, 3.05) is 0 Å². The molecule has 4 heteroatoms. The minimum absolute atomic E-state index is 0.656. The fraction of sp³-hybridized carbons (Fsp3) is 0.211. The van der Waals surface area contributed by atoms with Crippen LogP contribution in [0.3, 0.4) is 0 Å². The van der Waals surface area contributed by atoms with Crippen molar-refractivity contribution in [2.45, 2.75) is 25.2 Å². The first-order valence-electron chi connectivity index (χ1n) is 8.07. The number of fused-ring (bicyclic) bond motifs is 2. The number of nitrogens with one attached hydrogen (secondary N) is 1. The van der Waals surface area contributed by atoms with Gasteiger partial charge in [-0.3, -0.25) is 0 Å². The van der Waals surface area contributed by atoms with Crippen LogP contribution in [0.5, 0.6) is 0 Å². The van der Waals surface area contributed by atoms with Gasteiger partial charge in [-0.1, -0.05) is 12.5 Å². The smallest absolute Gasteiger partial charge is 0.138 e. The molecular formula is C19H16N4. The lowest BCUT2D eigenvalue weighted by atomic mass is 9.82. The third-order valence-electron chi connectivity index (χ3n) is 4.90. The topological polar surface area (TPSA) is 54.5 Å². The highest BCUT2D eigenvalue weighted by Crippen LogP contribution is 2.37. The lowest BCUT2D eigenvalue weighted by Gasteiger charge is -2.24. The Morgan fingerprint density at radius 1 is 1.09 bits per heavy atom. The van der Waals surface area contributed by atoms with Crippen molar-refractivity contribution in [2.24, 2.45) is 0 Å². The number of aromatic amines is 1. The predicted molar refractivity (Wildman–Crippen MR) is 91.2 cm³/mol. The number of hydrogen-bond donors (Lipinski definition) is 1. The Bertz CT molecular complexity index is 1010. The van der Waals surface area contributed by atoms with E-state index in [4.69, 9.17) is 4.98 Å². The normalized spacial score (nSPS) is 15.1. The van der Waals surface area contributed by atoms with Crippen LogP contribution in [0, 0.1) is 0 Å². The highest BCUT2D eigenvalue weighted by atomic mass is 14.9. The van der Waals surface area contributed by atoms with E-state index in [1.165, 1.54) is 35.9 Å². The molecule has 0 unspecified atom stereocenters. The number of hydrogen-bond acceptors (Lipinski definition) is 3. The van der Waals surface area contributed by atoms with Crippen molar-refractivity contribution in [3.63, 3.8) is 0 Å². The maximum atomic E-state index is 4.83. The Morgan fingerprint density at radius 3 is 2.91 bits per heavy atom. The highest BCUT2D eigenvalue weighted by molar-refractivity contribution is 5.96. The fourth-order valence-corrected chi connectivity index (χ4v) is 3.34. The summed E-state index contributed by atoms with van der Waals surface area (Å²) in [7, 11) is 0. The monoisotopic (exact) mass is 300 g/mol. The van der Waals surface area contributed by atoms with Gasteiger partial charge in [-0.15, -0.1) is 0 Å². The summed E-state index contributed by atoms with van der Waals surface area (Å²) in [5, 5.41) is 2.22. The van der Waals surface area contributed by atoms with E-state index in [2.05, 4.69) is 39.2 Å². The molecule has 112 valence electrons. The molecule has 0 spiro atoms. The van der Waals surface area contributed by atoms with Crippen LogP contribution in [-0.2, 0) is 0 Å². The van der Waals surface area contributed by atoms with Gasteiger partial charge in [-0.25, -0.2) is 15.0 Å². The van der Waals surface area contributed by atoms with Crippen LogP contribution in [0.25, 0.3) is 33.1 Å². The second kappa shape index (κ2) is 4.88. The van der Waals surface area contributed by atoms with E-state index in [1.807, 2.05) is 18.5 Å². The number of rotatable bonds is 2. The van der Waals surface area contributed by atoms with E-state index in [1.54, 1.807) is 6.33 Å². The molecule has 0 amide bonds. The van der Waals surface area contributed by atoms with Crippen molar-refractivity contribution in [1.29, 1.82) is 0 Å². The molecule has 23 heavy (non-hydrogen) atoms. The largest absolute Gasteiger partial charge is 0.346 e. The lowest BCUT2D eigenvalue weighted by molar-refractivity contribution is 0.412. The minimum atomic E-state index is 0.656. The Morgan fingerprint density at radius 2 is 2.04 bits per heavy atom. The molecule has 0 radical (unpaired) electrons. The van der Waals surface area contributed by atoms with Crippen molar-refractivity contribution in [1.82, 2.24) is 19.9 Å². The summed E-state index contributed by atoms with van der Waals surface area (Å²) in [6, 6.07) is 10.7. The summed E-state index contributed by atoms with van der Waals surface area (Å²) < 4.78 is 0. The molecule has 1 N–H and O–H groups in total. The average molecular weight is 300 g/mol. The van der Waals surface area contributed by atoms with E-state index in [-0.39, 0.29) is 0 Å². The molecule has 3 aromatic heterocycles. The van der Waals surface area contributed by atoms with Gasteiger partial charge in [0.25, 0.3) is 0 Å². The fourth-order valence-electron chi connectivity index (χ4n) is 3.34. The summed E-state index contributed by atoms with van der Waals surface area (Å²) in [6.45, 7) is 0. The molecule has 0 aliphatic heterocycles. The van der Waals surface area contributed by atoms with E-state index >= 15 is 0 Å². The molecule has 5 rings (SSSR count). The van der Waals surface area contributed by atoms with Gasteiger partial charge in [-0.2, -0.15) is 0 Å². The summed E-state index contributed by atoms with van der Waals surface area (Å²) >= 11 is 0. The third-order valence-corrected chi connectivity index (χ3v) is 4.90. The first kappa shape index (κ1) is 12.8. The maximum Gasteiger partial charge on any atom is 0.138 e. The molecule has 1 aliphatic carbocycles. The SMILES string of the molecule is c1ncc2cc(-c3c[nH]c4nc(C5CCC5)ccc34)ccc2n1. The summed E-state index contributed by atoms with van der Waals surface area (Å²) in [6.07, 6.45) is 9.37. The van der Waals surface area contributed by atoms with Crippen molar-refractivity contribution in [3.05, 3.63) is 54.7 Å². The number of aromatic nitrogens is 4. The van der Waals surface area contributed by atoms with Crippen molar-refractivity contribution < 1.29 is 0 Å². The van der Waals surface area contributed by atoms with Crippen LogP contribution in [0.1, 0.15) is 30.9 Å². The maximum absolute atomic E-state index is 4.83. The van der Waals surface area contributed by atoms with Crippen LogP contribution in [-0.4, -0.2) is 19.9 Å². The third kappa shape index (κ3) is 2.02. The molecule has 0 saturated heterocycles. The molecule has 4 aromatic rings. The van der Waals surface area contributed by atoms with E-state index in [0.717, 1.165) is 22.1 Å². The van der Waals surface area contributed by atoms with E-state index < -0.39 is 0 Å². The molecule has 4 nitrogen and oxygen atoms in total. The molecule has 1 aromatic carbocycles. The van der Waals surface area contributed by atoms with Gasteiger partial charge in [0.15, 0.2) is 0 Å². The van der Waals surface area contributed by atoms with Crippen molar-refractivity contribution in [3.8, 4) is 11.1 Å². The second-order valence-electron chi connectivity index (χ2n) is 6.26. The zero-order chi connectivity index (χ0) is 15.2. The molecule has 1 fully saturated rings. The Balaban J connectivity index is 1.63. The predicted octanol–water partition coefficient (Wildman–Crippen LogP) is 4.44. The van der Waals surface area contributed by atoms with Gasteiger partial charge in [0.1, 0.15) is 12.0 Å². The van der Waals surface area contributed by atoms with Gasteiger partial charge in [-0.05, 0) is 42.7 Å². The molecule has 0 atom stereocenters. The van der Waals surface area contributed by atoms with Crippen LogP contribution in [0.4, 0.5) is 0 Å². The van der Waals surface area contributed by atoms with Crippen molar-refractivity contribution >= 4 is 21.9 Å². The van der Waals surface area contributed by atoms with Crippen LogP contribution in [0.2, 0.25) is 0 Å². The number of pyridine rings is 1. The summed E-state index contributed by atoms with van der Waals surface area (Å²) in [5.41, 5.74) is 5.52. The Hall–Kier alpha value is -2.75. The molecule has 1 saturated carbocycles. The highest BCUT2D eigenvalue weighted by Gasteiger charge is 2.21. The summed E-state index contributed by atoms with van der Waals surface area (Å²) in [4.78, 5) is 16.6. The first-order valence-corrected chi connectivity index (χ1v) is 8.07. The molecule has 3 heterocycles. The molecule has 1 aliphatic rings. The van der Waals surface area contributed by atoms with E-state index in [0.29, 0.717) is 5.92 Å². The number of nitrogens with zero attached hydrogens (tertiary/aromatic N) is 3. The molecule has 0 bridgehead atoms. The van der Waals surface area contributed by atoms with Gasteiger partial charge < -0.3 is 4.98 Å². The van der Waals surface area contributed by atoms with Crippen LogP contribution in [0.15, 0.2) is 49.1 Å². The van der Waals surface area contributed by atoms with Gasteiger partial charge >= 0.3 is 0 Å². The summed E-state index contributed by atoms with van der Waals surface area (Å²) in [5.74, 6) is 0.656. The standard InChI is InChI=1S/C19H16N4/c1-2-12(3-1)18-7-5-15-16(10-21-19(15)23-18)13-4-6-17-14(8-13)9-20-11-22-17/h4-12H,1-3H2,(H,21,23). The Labute approximate surface area is 133 Å².